The summed E-state index contributed by atoms with van der Waals surface area (Å²) >= 11 is 1.51. The van der Waals surface area contributed by atoms with Crippen molar-refractivity contribution in [1.29, 1.82) is 0 Å². The molecule has 2 rings (SSSR count). The minimum atomic E-state index is -3.63. The lowest BCUT2D eigenvalue weighted by Gasteiger charge is -2.06. The highest BCUT2D eigenvalue weighted by Crippen LogP contribution is 2.20. The molecular weight excluding hydrogens is 312 g/mol. The van der Waals surface area contributed by atoms with Crippen LogP contribution in [0, 0.1) is 17.0 Å². The number of hydrogen-bond donors (Lipinski definition) is 1. The van der Waals surface area contributed by atoms with Crippen molar-refractivity contribution in [3.05, 3.63) is 61.8 Å². The first kappa shape index (κ1) is 15.6. The van der Waals surface area contributed by atoms with Gasteiger partial charge in [0, 0.05) is 27.9 Å². The number of para-hydroxylation sites is 1. The van der Waals surface area contributed by atoms with Gasteiger partial charge in [-0.15, -0.1) is 11.3 Å². The summed E-state index contributed by atoms with van der Waals surface area (Å²) in [5, 5.41) is 10.9. The standard InChI is InChI=1S/C13H14N2O4S2/c1-10-6-7-12(20-10)8-14-21(18,19)9-11-4-2-3-5-13(11)15(16)17/h2-7,14H,8-9H2,1H3. The highest BCUT2D eigenvalue weighted by molar-refractivity contribution is 7.88. The molecule has 0 fully saturated rings. The van der Waals surface area contributed by atoms with Crippen molar-refractivity contribution in [2.75, 3.05) is 0 Å². The molecule has 0 atom stereocenters. The summed E-state index contributed by atoms with van der Waals surface area (Å²) in [5.74, 6) is -0.408. The number of sulfonamides is 1. The Hall–Kier alpha value is -1.77. The highest BCUT2D eigenvalue weighted by atomic mass is 32.2. The van der Waals surface area contributed by atoms with Crippen LogP contribution in [-0.2, 0) is 22.3 Å². The molecule has 2 aromatic rings. The first-order valence-electron chi connectivity index (χ1n) is 6.12. The molecular formula is C13H14N2O4S2. The molecule has 6 nitrogen and oxygen atoms in total. The first-order valence-corrected chi connectivity index (χ1v) is 8.59. The lowest BCUT2D eigenvalue weighted by atomic mass is 10.2. The summed E-state index contributed by atoms with van der Waals surface area (Å²) < 4.78 is 26.5. The molecule has 0 radical (unpaired) electrons. The van der Waals surface area contributed by atoms with Crippen LogP contribution in [0.25, 0.3) is 0 Å². The molecule has 8 heteroatoms. The van der Waals surface area contributed by atoms with Gasteiger partial charge in [0.1, 0.15) is 0 Å². The summed E-state index contributed by atoms with van der Waals surface area (Å²) in [6, 6.07) is 9.61. The average molecular weight is 326 g/mol. The third kappa shape index (κ3) is 4.35. The fourth-order valence-corrected chi connectivity index (χ4v) is 3.88. The van der Waals surface area contributed by atoms with E-state index >= 15 is 0 Å². The molecule has 0 aliphatic heterocycles. The lowest BCUT2D eigenvalue weighted by molar-refractivity contribution is -0.385. The lowest BCUT2D eigenvalue weighted by Crippen LogP contribution is -2.24. The minimum Gasteiger partial charge on any atom is -0.258 e. The van der Waals surface area contributed by atoms with Gasteiger partial charge in [-0.1, -0.05) is 18.2 Å². The number of aryl methyl sites for hydroxylation is 1. The molecule has 0 saturated heterocycles. The molecule has 0 saturated carbocycles. The molecule has 0 amide bonds. The zero-order valence-electron chi connectivity index (χ0n) is 11.3. The smallest absolute Gasteiger partial charge is 0.258 e. The van der Waals surface area contributed by atoms with Crippen molar-refractivity contribution in [3.63, 3.8) is 0 Å². The van der Waals surface area contributed by atoms with E-state index in [4.69, 9.17) is 0 Å². The zero-order valence-corrected chi connectivity index (χ0v) is 12.9. The van der Waals surface area contributed by atoms with E-state index in [1.54, 1.807) is 6.07 Å². The summed E-state index contributed by atoms with van der Waals surface area (Å²) in [4.78, 5) is 12.3. The summed E-state index contributed by atoms with van der Waals surface area (Å²) in [6.07, 6.45) is 0. The van der Waals surface area contributed by atoms with Gasteiger partial charge in [0.2, 0.25) is 10.0 Å². The Balaban J connectivity index is 2.09. The van der Waals surface area contributed by atoms with Crippen molar-refractivity contribution in [3.8, 4) is 0 Å². The zero-order chi connectivity index (χ0) is 15.5. The van der Waals surface area contributed by atoms with Gasteiger partial charge in [0.05, 0.1) is 10.7 Å². The molecule has 1 N–H and O–H groups in total. The number of hydrogen-bond acceptors (Lipinski definition) is 5. The van der Waals surface area contributed by atoms with E-state index in [0.29, 0.717) is 0 Å². The van der Waals surface area contributed by atoms with E-state index in [1.807, 2.05) is 19.1 Å². The quantitative estimate of drug-likeness (QED) is 0.652. The molecule has 0 aliphatic carbocycles. The normalized spacial score (nSPS) is 11.5. The Labute approximate surface area is 126 Å². The van der Waals surface area contributed by atoms with Gasteiger partial charge in [0.25, 0.3) is 5.69 Å². The fraction of sp³-hybridized carbons (Fsp3) is 0.231. The third-order valence-electron chi connectivity index (χ3n) is 2.80. The van der Waals surface area contributed by atoms with E-state index in [9.17, 15) is 18.5 Å². The van der Waals surface area contributed by atoms with Gasteiger partial charge in [-0.25, -0.2) is 13.1 Å². The summed E-state index contributed by atoms with van der Waals surface area (Å²) in [6.45, 7) is 2.14. The fourth-order valence-electron chi connectivity index (χ4n) is 1.83. The molecule has 0 bridgehead atoms. The predicted octanol–water partition coefficient (Wildman–Crippen LogP) is 2.58. The Bertz CT molecular complexity index is 753. The van der Waals surface area contributed by atoms with Crippen LogP contribution in [0.5, 0.6) is 0 Å². The third-order valence-corrected chi connectivity index (χ3v) is 5.07. The molecule has 1 aromatic carbocycles. The maximum atomic E-state index is 12.0. The van der Waals surface area contributed by atoms with Crippen molar-refractivity contribution in [2.45, 2.75) is 19.2 Å². The van der Waals surface area contributed by atoms with Crippen molar-refractivity contribution in [1.82, 2.24) is 4.72 Å². The Morgan fingerprint density at radius 2 is 1.95 bits per heavy atom. The summed E-state index contributed by atoms with van der Waals surface area (Å²) in [5.41, 5.74) is -0.00722. The van der Waals surface area contributed by atoms with Gasteiger partial charge >= 0.3 is 0 Å². The first-order chi connectivity index (χ1) is 9.87. The van der Waals surface area contributed by atoms with Gasteiger partial charge in [-0.3, -0.25) is 10.1 Å². The van der Waals surface area contributed by atoms with E-state index < -0.39 is 20.7 Å². The van der Waals surface area contributed by atoms with Crippen LogP contribution in [0.1, 0.15) is 15.3 Å². The predicted molar refractivity (Wildman–Crippen MR) is 81.6 cm³/mol. The second kappa shape index (κ2) is 6.33. The van der Waals surface area contributed by atoms with Crippen molar-refractivity contribution >= 4 is 27.0 Å². The number of rotatable bonds is 6. The van der Waals surface area contributed by atoms with Crippen LogP contribution in [0.3, 0.4) is 0 Å². The second-order valence-electron chi connectivity index (χ2n) is 4.48. The number of nitrogens with one attached hydrogen (secondary N) is 1. The van der Waals surface area contributed by atoms with Crippen molar-refractivity contribution in [2.24, 2.45) is 0 Å². The minimum absolute atomic E-state index is 0.178. The van der Waals surface area contributed by atoms with Crippen LogP contribution in [0.4, 0.5) is 5.69 Å². The van der Waals surface area contributed by atoms with Gasteiger partial charge in [-0.2, -0.15) is 0 Å². The van der Waals surface area contributed by atoms with Crippen LogP contribution < -0.4 is 4.72 Å². The summed E-state index contributed by atoms with van der Waals surface area (Å²) in [7, 11) is -3.63. The number of benzene rings is 1. The monoisotopic (exact) mass is 326 g/mol. The maximum absolute atomic E-state index is 12.0. The van der Waals surface area contributed by atoms with E-state index in [1.165, 1.54) is 29.5 Å². The van der Waals surface area contributed by atoms with E-state index in [-0.39, 0.29) is 17.8 Å². The highest BCUT2D eigenvalue weighted by Gasteiger charge is 2.19. The maximum Gasteiger partial charge on any atom is 0.273 e. The van der Waals surface area contributed by atoms with Crippen LogP contribution >= 0.6 is 11.3 Å². The molecule has 112 valence electrons. The van der Waals surface area contributed by atoms with Crippen LogP contribution in [-0.4, -0.2) is 13.3 Å². The van der Waals surface area contributed by atoms with Gasteiger partial charge < -0.3 is 0 Å². The Morgan fingerprint density at radius 1 is 1.24 bits per heavy atom. The van der Waals surface area contributed by atoms with Crippen LogP contribution in [0.15, 0.2) is 36.4 Å². The SMILES string of the molecule is Cc1ccc(CNS(=O)(=O)Cc2ccccc2[N+](=O)[O-])s1. The molecule has 1 heterocycles. The van der Waals surface area contributed by atoms with E-state index in [2.05, 4.69) is 4.72 Å². The Kier molecular flexibility index (Phi) is 4.71. The molecule has 1 aromatic heterocycles. The van der Waals surface area contributed by atoms with Crippen molar-refractivity contribution < 1.29 is 13.3 Å². The van der Waals surface area contributed by atoms with Gasteiger partial charge in [-0.05, 0) is 19.1 Å². The van der Waals surface area contributed by atoms with Crippen LogP contribution in [0.2, 0.25) is 0 Å². The Morgan fingerprint density at radius 3 is 2.57 bits per heavy atom. The molecule has 0 unspecified atom stereocenters. The van der Waals surface area contributed by atoms with E-state index in [0.717, 1.165) is 9.75 Å². The second-order valence-corrected chi connectivity index (χ2v) is 7.66. The number of nitro benzene ring substituents is 1. The molecule has 0 spiro atoms. The van der Waals surface area contributed by atoms with Gasteiger partial charge in [0.15, 0.2) is 0 Å². The topological polar surface area (TPSA) is 89.3 Å². The number of thiophene rings is 1. The molecule has 21 heavy (non-hydrogen) atoms. The largest absolute Gasteiger partial charge is 0.273 e. The molecule has 0 aliphatic rings. The number of nitrogens with zero attached hydrogens (tertiary/aromatic N) is 1. The number of nitro groups is 1. The average Bonchev–Trinajstić information content (AvgIpc) is 2.82.